The minimum atomic E-state index is -0.245. The fraction of sp³-hybridized carbons (Fsp3) is 0.800. The number of amides is 1. The molecule has 1 unspecified atom stereocenters. The van der Waals surface area contributed by atoms with Crippen molar-refractivity contribution in [3.05, 3.63) is 0 Å². The van der Waals surface area contributed by atoms with Crippen LogP contribution >= 0.6 is 12.6 Å². The van der Waals surface area contributed by atoms with Crippen molar-refractivity contribution in [3.8, 4) is 0 Å². The smallest absolute Gasteiger partial charge is 0.217 e. The number of carbonyl (C=O) groups excluding carboxylic acids is 1. The van der Waals surface area contributed by atoms with E-state index >= 15 is 0 Å². The molecule has 1 amide bonds. The molecule has 0 aliphatic carbocycles. The summed E-state index contributed by atoms with van der Waals surface area (Å²) in [6.07, 6.45) is 1.23. The highest BCUT2D eigenvalue weighted by Crippen LogP contribution is 2.01. The van der Waals surface area contributed by atoms with Gasteiger partial charge in [-0.25, -0.2) is 0 Å². The molecule has 0 saturated carbocycles. The van der Waals surface area contributed by atoms with Crippen LogP contribution in [0.2, 0.25) is 0 Å². The van der Waals surface area contributed by atoms with Crippen molar-refractivity contribution in [1.82, 2.24) is 0 Å². The van der Waals surface area contributed by atoms with Crippen LogP contribution in [0, 0.1) is 0 Å². The van der Waals surface area contributed by atoms with Gasteiger partial charge < -0.3 is 5.73 Å². The van der Waals surface area contributed by atoms with Crippen LogP contribution < -0.4 is 5.73 Å². The third kappa shape index (κ3) is 5.82. The Balaban J connectivity index is 3.05. The Bertz CT molecular complexity index is 82.5. The van der Waals surface area contributed by atoms with Gasteiger partial charge in [0.15, 0.2) is 0 Å². The predicted molar refractivity (Wildman–Crippen MR) is 36.9 cm³/mol. The molecule has 0 heterocycles. The summed E-state index contributed by atoms with van der Waals surface area (Å²) >= 11 is 4.06. The van der Waals surface area contributed by atoms with Crippen molar-refractivity contribution >= 4 is 18.5 Å². The number of primary amides is 1. The number of hydrogen-bond acceptors (Lipinski definition) is 2. The monoisotopic (exact) mass is 133 g/mol. The molecule has 0 radical (unpaired) electrons. The van der Waals surface area contributed by atoms with E-state index in [1.807, 2.05) is 6.92 Å². The second-order valence-electron chi connectivity index (χ2n) is 1.85. The molecule has 3 heteroatoms. The van der Waals surface area contributed by atoms with Crippen molar-refractivity contribution in [2.24, 2.45) is 5.73 Å². The lowest BCUT2D eigenvalue weighted by molar-refractivity contribution is -0.118. The van der Waals surface area contributed by atoms with Gasteiger partial charge in [0.25, 0.3) is 0 Å². The van der Waals surface area contributed by atoms with Gasteiger partial charge in [-0.3, -0.25) is 4.79 Å². The molecule has 0 aromatic heterocycles. The zero-order chi connectivity index (χ0) is 6.57. The molecule has 1 atom stereocenters. The summed E-state index contributed by atoms with van der Waals surface area (Å²) in [5.74, 6) is -0.245. The lowest BCUT2D eigenvalue weighted by Gasteiger charge is -1.97. The fourth-order valence-corrected chi connectivity index (χ4v) is 0.480. The highest BCUT2D eigenvalue weighted by Gasteiger charge is 1.96. The topological polar surface area (TPSA) is 43.1 Å². The zero-order valence-corrected chi connectivity index (χ0v) is 5.82. The number of hydrogen-bond donors (Lipinski definition) is 2. The number of carbonyl (C=O) groups is 1. The molecule has 0 bridgehead atoms. The standard InChI is InChI=1S/C5H11NOS/c1-4(8)2-3-5(6)7/h4,8H,2-3H2,1H3,(H2,6,7). The first-order valence-corrected chi connectivity index (χ1v) is 3.11. The number of nitrogens with two attached hydrogens (primary N) is 1. The third-order valence-corrected chi connectivity index (χ3v) is 1.07. The average Bonchev–Trinajstić information content (AvgIpc) is 1.61. The highest BCUT2D eigenvalue weighted by molar-refractivity contribution is 7.80. The lowest BCUT2D eigenvalue weighted by Crippen LogP contribution is -2.11. The molecule has 0 aliphatic heterocycles. The normalized spacial score (nSPS) is 13.2. The van der Waals surface area contributed by atoms with Crippen LogP contribution in [0.25, 0.3) is 0 Å². The van der Waals surface area contributed by atoms with Gasteiger partial charge in [-0.05, 0) is 11.7 Å². The van der Waals surface area contributed by atoms with E-state index in [4.69, 9.17) is 5.73 Å². The van der Waals surface area contributed by atoms with E-state index in [2.05, 4.69) is 12.6 Å². The molecule has 0 rings (SSSR count). The Kier molecular flexibility index (Phi) is 3.69. The van der Waals surface area contributed by atoms with Crippen LogP contribution in [0.4, 0.5) is 0 Å². The molecular formula is C5H11NOS. The van der Waals surface area contributed by atoms with E-state index in [0.29, 0.717) is 6.42 Å². The number of rotatable bonds is 3. The maximum Gasteiger partial charge on any atom is 0.217 e. The molecule has 8 heavy (non-hydrogen) atoms. The minimum Gasteiger partial charge on any atom is -0.370 e. The van der Waals surface area contributed by atoms with Crippen LogP contribution in [-0.4, -0.2) is 11.2 Å². The van der Waals surface area contributed by atoms with Gasteiger partial charge >= 0.3 is 0 Å². The predicted octanol–water partition coefficient (Wildman–Crippen LogP) is 0.570. The summed E-state index contributed by atoms with van der Waals surface area (Å²) in [6, 6.07) is 0. The second-order valence-corrected chi connectivity index (χ2v) is 2.74. The molecule has 2 nitrogen and oxygen atoms in total. The molecule has 0 saturated heterocycles. The van der Waals surface area contributed by atoms with Crippen molar-refractivity contribution in [1.29, 1.82) is 0 Å². The highest BCUT2D eigenvalue weighted by atomic mass is 32.1. The van der Waals surface area contributed by atoms with Crippen LogP contribution in [-0.2, 0) is 4.79 Å². The van der Waals surface area contributed by atoms with E-state index in [-0.39, 0.29) is 11.2 Å². The second kappa shape index (κ2) is 3.78. The van der Waals surface area contributed by atoms with Gasteiger partial charge in [-0.1, -0.05) is 6.92 Å². The van der Waals surface area contributed by atoms with Crippen LogP contribution in [0.3, 0.4) is 0 Å². The first-order chi connectivity index (χ1) is 3.63. The van der Waals surface area contributed by atoms with Gasteiger partial charge in [-0.2, -0.15) is 12.6 Å². The van der Waals surface area contributed by atoms with Crippen LogP contribution in [0.5, 0.6) is 0 Å². The maximum absolute atomic E-state index is 10.1. The summed E-state index contributed by atoms with van der Waals surface area (Å²) < 4.78 is 0. The molecule has 0 spiro atoms. The fourth-order valence-electron chi connectivity index (χ4n) is 0.351. The van der Waals surface area contributed by atoms with Crippen LogP contribution in [0.1, 0.15) is 19.8 Å². The summed E-state index contributed by atoms with van der Waals surface area (Å²) in [4.78, 5) is 10.1. The molecular weight excluding hydrogens is 122 g/mol. The Morgan fingerprint density at radius 3 is 2.50 bits per heavy atom. The number of thiol groups is 1. The Labute approximate surface area is 54.9 Å². The Hall–Kier alpha value is -0.180. The molecule has 0 fully saturated rings. The Morgan fingerprint density at radius 1 is 1.88 bits per heavy atom. The lowest BCUT2D eigenvalue weighted by atomic mass is 10.2. The summed E-state index contributed by atoms with van der Waals surface area (Å²) in [6.45, 7) is 1.94. The van der Waals surface area contributed by atoms with Crippen molar-refractivity contribution < 1.29 is 4.79 Å². The first kappa shape index (κ1) is 7.82. The van der Waals surface area contributed by atoms with Crippen molar-refractivity contribution in [2.75, 3.05) is 0 Å². The van der Waals surface area contributed by atoms with E-state index < -0.39 is 0 Å². The third-order valence-electron chi connectivity index (χ3n) is 0.809. The van der Waals surface area contributed by atoms with Gasteiger partial charge in [0.1, 0.15) is 0 Å². The molecule has 0 aromatic carbocycles. The summed E-state index contributed by atoms with van der Waals surface area (Å²) in [5, 5.41) is 0.280. The Morgan fingerprint density at radius 2 is 2.38 bits per heavy atom. The van der Waals surface area contributed by atoms with Gasteiger partial charge in [0.2, 0.25) is 5.91 Å². The zero-order valence-electron chi connectivity index (χ0n) is 4.92. The summed E-state index contributed by atoms with van der Waals surface area (Å²) in [7, 11) is 0. The van der Waals surface area contributed by atoms with E-state index in [1.165, 1.54) is 0 Å². The van der Waals surface area contributed by atoms with Crippen LogP contribution in [0.15, 0.2) is 0 Å². The summed E-state index contributed by atoms with van der Waals surface area (Å²) in [5.41, 5.74) is 4.87. The van der Waals surface area contributed by atoms with E-state index in [9.17, 15) is 4.79 Å². The van der Waals surface area contributed by atoms with Gasteiger partial charge in [-0.15, -0.1) is 0 Å². The van der Waals surface area contributed by atoms with Gasteiger partial charge in [0.05, 0.1) is 0 Å². The molecule has 2 N–H and O–H groups in total. The molecule has 0 aromatic rings. The van der Waals surface area contributed by atoms with E-state index in [1.54, 1.807) is 0 Å². The maximum atomic E-state index is 10.1. The van der Waals surface area contributed by atoms with Gasteiger partial charge in [0, 0.05) is 6.42 Å². The van der Waals surface area contributed by atoms with Crippen molar-refractivity contribution in [3.63, 3.8) is 0 Å². The SMILES string of the molecule is CC(S)CCC(N)=O. The first-order valence-electron chi connectivity index (χ1n) is 2.59. The molecule has 48 valence electrons. The largest absolute Gasteiger partial charge is 0.370 e. The average molecular weight is 133 g/mol. The minimum absolute atomic E-state index is 0.245. The molecule has 0 aliphatic rings. The quantitative estimate of drug-likeness (QED) is 0.543. The van der Waals surface area contributed by atoms with Crippen molar-refractivity contribution in [2.45, 2.75) is 25.0 Å². The van der Waals surface area contributed by atoms with E-state index in [0.717, 1.165) is 6.42 Å².